The van der Waals surface area contributed by atoms with Crippen LogP contribution in [0.25, 0.3) is 10.9 Å². The summed E-state index contributed by atoms with van der Waals surface area (Å²) >= 11 is 0. The summed E-state index contributed by atoms with van der Waals surface area (Å²) in [4.78, 5) is 13.3. The Morgan fingerprint density at radius 3 is 3.00 bits per heavy atom. The van der Waals surface area contributed by atoms with Gasteiger partial charge in [-0.3, -0.25) is 14.6 Å². The van der Waals surface area contributed by atoms with E-state index >= 15 is 0 Å². The molecule has 29 heavy (non-hydrogen) atoms. The third-order valence-corrected chi connectivity index (χ3v) is 5.27. The highest BCUT2D eigenvalue weighted by Crippen LogP contribution is 2.46. The van der Waals surface area contributed by atoms with Gasteiger partial charge in [-0.25, -0.2) is 4.98 Å². The highest BCUT2D eigenvalue weighted by molar-refractivity contribution is 5.91. The number of pyridine rings is 3. The van der Waals surface area contributed by atoms with Crippen LogP contribution in [0.3, 0.4) is 0 Å². The van der Waals surface area contributed by atoms with Crippen LogP contribution < -0.4 is 10.1 Å². The third-order valence-electron chi connectivity index (χ3n) is 5.27. The average Bonchev–Trinajstić information content (AvgIpc) is 3.43. The molecule has 0 radical (unpaired) electrons. The molecule has 0 aliphatic heterocycles. The largest absolute Gasteiger partial charge is 0.477 e. The van der Waals surface area contributed by atoms with Crippen molar-refractivity contribution >= 4 is 16.6 Å². The van der Waals surface area contributed by atoms with Crippen molar-refractivity contribution in [1.29, 1.82) is 0 Å². The molecule has 0 spiro atoms. The second-order valence-electron chi connectivity index (χ2n) is 7.44. The normalized spacial score (nSPS) is 18.0. The Kier molecular flexibility index (Phi) is 4.56. The minimum absolute atomic E-state index is 0.487. The number of fused-ring (bicyclic) bond motifs is 1. The van der Waals surface area contributed by atoms with E-state index in [1.807, 2.05) is 49.9 Å². The van der Waals surface area contributed by atoms with Gasteiger partial charge < -0.3 is 10.1 Å². The highest BCUT2D eigenvalue weighted by atomic mass is 16.5. The van der Waals surface area contributed by atoms with E-state index < -0.39 is 0 Å². The van der Waals surface area contributed by atoms with Gasteiger partial charge in [-0.05, 0) is 24.6 Å². The summed E-state index contributed by atoms with van der Waals surface area (Å²) in [6, 6.07) is 10.0. The Labute approximate surface area is 168 Å². The smallest absolute Gasteiger partial charge is 0.215 e. The molecule has 2 atom stereocenters. The molecule has 5 rings (SSSR count). The number of aromatic nitrogens is 5. The standard InChI is InChI=1S/C22H22N6O/c1-28-13-15(11-26-28)10-25-20-9-22(27-21-12-23-7-5-17(20)21)29-14-16-8-18(16)19-4-2-3-6-24-19/h2-7,9,11-13,16,18H,8,10,14H2,1H3,(H,25,27)/t16-,18+/m1/s1. The van der Waals surface area contributed by atoms with Crippen molar-refractivity contribution < 1.29 is 4.74 Å². The monoisotopic (exact) mass is 386 g/mol. The van der Waals surface area contributed by atoms with Gasteiger partial charge in [0, 0.05) is 72.4 Å². The fraction of sp³-hybridized carbons (Fsp3) is 0.273. The van der Waals surface area contributed by atoms with Crippen molar-refractivity contribution in [1.82, 2.24) is 24.7 Å². The lowest BCUT2D eigenvalue weighted by molar-refractivity contribution is 0.286. The molecule has 4 aromatic heterocycles. The first kappa shape index (κ1) is 17.6. The van der Waals surface area contributed by atoms with Crippen LogP contribution in [0.2, 0.25) is 0 Å². The molecule has 1 N–H and O–H groups in total. The number of hydrogen-bond donors (Lipinski definition) is 1. The number of aryl methyl sites for hydroxylation is 1. The van der Waals surface area contributed by atoms with Crippen LogP contribution in [0.5, 0.6) is 5.88 Å². The third kappa shape index (κ3) is 3.89. The van der Waals surface area contributed by atoms with E-state index in [0.717, 1.165) is 34.3 Å². The van der Waals surface area contributed by atoms with Crippen LogP contribution in [0.15, 0.2) is 61.3 Å². The Bertz CT molecular complexity index is 1130. The molecule has 7 heteroatoms. The number of anilines is 1. The van der Waals surface area contributed by atoms with Crippen LogP contribution in [-0.2, 0) is 13.6 Å². The molecule has 1 aliphatic carbocycles. The van der Waals surface area contributed by atoms with Crippen LogP contribution >= 0.6 is 0 Å². The van der Waals surface area contributed by atoms with E-state index in [1.165, 1.54) is 0 Å². The van der Waals surface area contributed by atoms with Gasteiger partial charge >= 0.3 is 0 Å². The second kappa shape index (κ2) is 7.50. The van der Waals surface area contributed by atoms with E-state index in [9.17, 15) is 0 Å². The molecular weight excluding hydrogens is 364 g/mol. The lowest BCUT2D eigenvalue weighted by Gasteiger charge is -2.12. The summed E-state index contributed by atoms with van der Waals surface area (Å²) in [7, 11) is 1.92. The Morgan fingerprint density at radius 1 is 1.21 bits per heavy atom. The predicted molar refractivity (Wildman–Crippen MR) is 111 cm³/mol. The molecule has 0 saturated heterocycles. The lowest BCUT2D eigenvalue weighted by Crippen LogP contribution is -2.05. The average molecular weight is 386 g/mol. The highest BCUT2D eigenvalue weighted by Gasteiger charge is 2.39. The van der Waals surface area contributed by atoms with Crippen molar-refractivity contribution in [3.05, 3.63) is 72.6 Å². The number of nitrogens with one attached hydrogen (secondary N) is 1. The molecule has 7 nitrogen and oxygen atoms in total. The number of ether oxygens (including phenoxy) is 1. The van der Waals surface area contributed by atoms with Gasteiger partial charge in [-0.15, -0.1) is 0 Å². The number of rotatable bonds is 7. The lowest BCUT2D eigenvalue weighted by atomic mass is 10.2. The quantitative estimate of drug-likeness (QED) is 0.523. The van der Waals surface area contributed by atoms with E-state index in [0.29, 0.717) is 30.9 Å². The number of nitrogens with zero attached hydrogens (tertiary/aromatic N) is 5. The van der Waals surface area contributed by atoms with Crippen LogP contribution in [0.1, 0.15) is 23.6 Å². The van der Waals surface area contributed by atoms with Crippen LogP contribution in [0.4, 0.5) is 5.69 Å². The molecule has 4 heterocycles. The number of hydrogen-bond acceptors (Lipinski definition) is 6. The zero-order valence-corrected chi connectivity index (χ0v) is 16.2. The maximum Gasteiger partial charge on any atom is 0.215 e. The zero-order chi connectivity index (χ0) is 19.6. The fourth-order valence-corrected chi connectivity index (χ4v) is 3.62. The first-order chi connectivity index (χ1) is 14.3. The molecule has 1 aliphatic rings. The van der Waals surface area contributed by atoms with Gasteiger partial charge in [0.15, 0.2) is 0 Å². The minimum Gasteiger partial charge on any atom is -0.477 e. The van der Waals surface area contributed by atoms with Gasteiger partial charge in [0.05, 0.1) is 24.5 Å². The van der Waals surface area contributed by atoms with Gasteiger partial charge in [0.1, 0.15) is 0 Å². The predicted octanol–water partition coefficient (Wildman–Crippen LogP) is 3.55. The van der Waals surface area contributed by atoms with Crippen LogP contribution in [0, 0.1) is 5.92 Å². The van der Waals surface area contributed by atoms with Crippen molar-refractivity contribution in [3.8, 4) is 5.88 Å². The van der Waals surface area contributed by atoms with Crippen LogP contribution in [-0.4, -0.2) is 31.3 Å². The van der Waals surface area contributed by atoms with Crippen molar-refractivity contribution in [3.63, 3.8) is 0 Å². The summed E-state index contributed by atoms with van der Waals surface area (Å²) in [6.07, 6.45) is 10.4. The molecule has 0 amide bonds. The molecule has 146 valence electrons. The van der Waals surface area contributed by atoms with Crippen molar-refractivity contribution in [2.24, 2.45) is 13.0 Å². The molecule has 0 unspecified atom stereocenters. The second-order valence-corrected chi connectivity index (χ2v) is 7.44. The van der Waals surface area contributed by atoms with E-state index in [1.54, 1.807) is 17.1 Å². The maximum absolute atomic E-state index is 6.06. The molecule has 0 aromatic carbocycles. The molecule has 1 fully saturated rings. The van der Waals surface area contributed by atoms with E-state index in [2.05, 4.69) is 31.4 Å². The summed E-state index contributed by atoms with van der Waals surface area (Å²) in [5, 5.41) is 8.73. The maximum atomic E-state index is 6.06. The zero-order valence-electron chi connectivity index (χ0n) is 16.2. The minimum atomic E-state index is 0.487. The molecule has 1 saturated carbocycles. The Morgan fingerprint density at radius 2 is 2.17 bits per heavy atom. The summed E-state index contributed by atoms with van der Waals surface area (Å²) < 4.78 is 7.86. The van der Waals surface area contributed by atoms with Gasteiger partial charge in [-0.1, -0.05) is 6.07 Å². The fourth-order valence-electron chi connectivity index (χ4n) is 3.62. The first-order valence-corrected chi connectivity index (χ1v) is 9.76. The Hall–Kier alpha value is -3.48. The van der Waals surface area contributed by atoms with Gasteiger partial charge in [-0.2, -0.15) is 5.10 Å². The van der Waals surface area contributed by atoms with Gasteiger partial charge in [0.2, 0.25) is 5.88 Å². The molecule has 4 aromatic rings. The molecule has 0 bridgehead atoms. The first-order valence-electron chi connectivity index (χ1n) is 9.76. The molecular formula is C22H22N6O. The Balaban J connectivity index is 1.30. The SMILES string of the molecule is Cn1cc(CNc2cc(OC[C@H]3C[C@@H]3c3ccccn3)nc3cnccc23)cn1. The van der Waals surface area contributed by atoms with E-state index in [-0.39, 0.29) is 0 Å². The van der Waals surface area contributed by atoms with Gasteiger partial charge in [0.25, 0.3) is 0 Å². The van der Waals surface area contributed by atoms with E-state index in [4.69, 9.17) is 4.74 Å². The summed E-state index contributed by atoms with van der Waals surface area (Å²) in [6.45, 7) is 1.32. The van der Waals surface area contributed by atoms with Crippen molar-refractivity contribution in [2.45, 2.75) is 18.9 Å². The topological polar surface area (TPSA) is 77.8 Å². The van der Waals surface area contributed by atoms with Crippen molar-refractivity contribution in [2.75, 3.05) is 11.9 Å². The summed E-state index contributed by atoms with van der Waals surface area (Å²) in [5.74, 6) is 1.59. The summed E-state index contributed by atoms with van der Waals surface area (Å²) in [5.41, 5.74) is 4.06.